The standard InChI is InChI=1S/C15H22BrN3/c1-18-6-8-19(9-7-18)15-3-2-12(10-14(15)16)13-4-5-17-11-13/h2-3,10,13,17H,4-9,11H2,1H3. The zero-order chi connectivity index (χ0) is 13.2. The summed E-state index contributed by atoms with van der Waals surface area (Å²) in [6, 6.07) is 6.93. The molecule has 2 aliphatic heterocycles. The highest BCUT2D eigenvalue weighted by molar-refractivity contribution is 9.10. The van der Waals surface area contributed by atoms with E-state index in [0.717, 1.165) is 39.3 Å². The molecule has 1 aromatic rings. The van der Waals surface area contributed by atoms with Crippen LogP contribution in [0.5, 0.6) is 0 Å². The van der Waals surface area contributed by atoms with Gasteiger partial charge in [-0.2, -0.15) is 0 Å². The Kier molecular flexibility index (Phi) is 4.10. The first-order valence-corrected chi connectivity index (χ1v) is 7.97. The minimum Gasteiger partial charge on any atom is -0.368 e. The maximum atomic E-state index is 3.77. The van der Waals surface area contributed by atoms with E-state index in [4.69, 9.17) is 0 Å². The molecule has 1 unspecified atom stereocenters. The number of nitrogens with one attached hydrogen (secondary N) is 1. The van der Waals surface area contributed by atoms with E-state index in [-0.39, 0.29) is 0 Å². The van der Waals surface area contributed by atoms with Crippen molar-refractivity contribution in [2.24, 2.45) is 0 Å². The lowest BCUT2D eigenvalue weighted by molar-refractivity contribution is 0.312. The lowest BCUT2D eigenvalue weighted by atomic mass is 9.98. The monoisotopic (exact) mass is 323 g/mol. The van der Waals surface area contributed by atoms with Crippen molar-refractivity contribution in [1.29, 1.82) is 0 Å². The second-order valence-electron chi connectivity index (χ2n) is 5.69. The number of hydrogen-bond acceptors (Lipinski definition) is 3. The molecule has 4 heteroatoms. The molecule has 1 atom stereocenters. The van der Waals surface area contributed by atoms with Crippen LogP contribution >= 0.6 is 15.9 Å². The Morgan fingerprint density at radius 1 is 1.21 bits per heavy atom. The normalized spacial score (nSPS) is 24.9. The Bertz CT molecular complexity index is 435. The molecule has 2 aliphatic rings. The Labute approximate surface area is 124 Å². The van der Waals surface area contributed by atoms with Crippen molar-refractivity contribution in [3.8, 4) is 0 Å². The number of benzene rings is 1. The third kappa shape index (κ3) is 2.96. The summed E-state index contributed by atoms with van der Waals surface area (Å²) in [5, 5.41) is 3.44. The molecular weight excluding hydrogens is 302 g/mol. The third-order valence-electron chi connectivity index (χ3n) is 4.35. The van der Waals surface area contributed by atoms with Gasteiger partial charge in [-0.3, -0.25) is 0 Å². The molecule has 0 spiro atoms. The van der Waals surface area contributed by atoms with Crippen molar-refractivity contribution in [3.63, 3.8) is 0 Å². The van der Waals surface area contributed by atoms with E-state index in [0.29, 0.717) is 5.92 Å². The highest BCUT2D eigenvalue weighted by Gasteiger charge is 2.20. The van der Waals surface area contributed by atoms with E-state index >= 15 is 0 Å². The molecule has 2 fully saturated rings. The van der Waals surface area contributed by atoms with Crippen LogP contribution in [0.4, 0.5) is 5.69 Å². The zero-order valence-corrected chi connectivity index (χ0v) is 13.1. The molecule has 0 radical (unpaired) electrons. The SMILES string of the molecule is CN1CCN(c2ccc(C3CCNC3)cc2Br)CC1. The van der Waals surface area contributed by atoms with Crippen molar-refractivity contribution in [3.05, 3.63) is 28.2 Å². The Balaban J connectivity index is 1.75. The van der Waals surface area contributed by atoms with Crippen LogP contribution in [-0.2, 0) is 0 Å². The first-order valence-electron chi connectivity index (χ1n) is 7.18. The number of anilines is 1. The van der Waals surface area contributed by atoms with Crippen molar-refractivity contribution in [1.82, 2.24) is 10.2 Å². The molecule has 0 bridgehead atoms. The van der Waals surface area contributed by atoms with E-state index < -0.39 is 0 Å². The van der Waals surface area contributed by atoms with Gasteiger partial charge >= 0.3 is 0 Å². The number of rotatable bonds is 2. The van der Waals surface area contributed by atoms with Crippen molar-refractivity contribution in [2.45, 2.75) is 12.3 Å². The van der Waals surface area contributed by atoms with E-state index in [9.17, 15) is 0 Å². The molecule has 2 saturated heterocycles. The first-order chi connectivity index (χ1) is 9.24. The highest BCUT2D eigenvalue weighted by atomic mass is 79.9. The van der Waals surface area contributed by atoms with Crippen LogP contribution in [0.2, 0.25) is 0 Å². The number of nitrogens with zero attached hydrogens (tertiary/aromatic N) is 2. The summed E-state index contributed by atoms with van der Waals surface area (Å²) in [6.45, 7) is 6.84. The van der Waals surface area contributed by atoms with Crippen LogP contribution in [-0.4, -0.2) is 51.2 Å². The molecule has 0 aromatic heterocycles. The predicted octanol–water partition coefficient (Wildman–Crippen LogP) is 2.28. The summed E-state index contributed by atoms with van der Waals surface area (Å²) in [7, 11) is 2.20. The number of hydrogen-bond donors (Lipinski definition) is 1. The average molecular weight is 324 g/mol. The summed E-state index contributed by atoms with van der Waals surface area (Å²) in [6.07, 6.45) is 1.26. The number of likely N-dealkylation sites (N-methyl/N-ethyl adjacent to an activating group) is 1. The van der Waals surface area contributed by atoms with Gasteiger partial charge in [-0.05, 0) is 59.6 Å². The quantitative estimate of drug-likeness (QED) is 0.900. The first kappa shape index (κ1) is 13.4. The zero-order valence-electron chi connectivity index (χ0n) is 11.5. The molecule has 1 aromatic carbocycles. The molecule has 0 saturated carbocycles. The molecule has 3 nitrogen and oxygen atoms in total. The highest BCUT2D eigenvalue weighted by Crippen LogP contribution is 2.32. The van der Waals surface area contributed by atoms with Gasteiger partial charge in [-0.1, -0.05) is 6.07 Å². The lowest BCUT2D eigenvalue weighted by Crippen LogP contribution is -2.44. The topological polar surface area (TPSA) is 18.5 Å². The fourth-order valence-corrected chi connectivity index (χ4v) is 3.67. The van der Waals surface area contributed by atoms with Gasteiger partial charge in [0.15, 0.2) is 0 Å². The minimum absolute atomic E-state index is 0.692. The van der Waals surface area contributed by atoms with Crippen LogP contribution in [0.15, 0.2) is 22.7 Å². The van der Waals surface area contributed by atoms with Gasteiger partial charge in [0.25, 0.3) is 0 Å². The number of halogens is 1. The van der Waals surface area contributed by atoms with Crippen molar-refractivity contribution >= 4 is 21.6 Å². The molecule has 2 heterocycles. The van der Waals surface area contributed by atoms with Crippen LogP contribution in [0.3, 0.4) is 0 Å². The molecule has 3 rings (SSSR count). The van der Waals surface area contributed by atoms with Crippen LogP contribution in [0.1, 0.15) is 17.9 Å². The largest absolute Gasteiger partial charge is 0.368 e. The van der Waals surface area contributed by atoms with Gasteiger partial charge in [0.2, 0.25) is 0 Å². The van der Waals surface area contributed by atoms with Gasteiger partial charge in [0.1, 0.15) is 0 Å². The van der Waals surface area contributed by atoms with Crippen molar-refractivity contribution < 1.29 is 0 Å². The second kappa shape index (κ2) is 5.81. The van der Waals surface area contributed by atoms with Gasteiger partial charge in [0.05, 0.1) is 5.69 Å². The molecule has 104 valence electrons. The molecule has 0 aliphatic carbocycles. The maximum Gasteiger partial charge on any atom is 0.0511 e. The Morgan fingerprint density at radius 2 is 2.00 bits per heavy atom. The smallest absolute Gasteiger partial charge is 0.0511 e. The van der Waals surface area contributed by atoms with Gasteiger partial charge < -0.3 is 15.1 Å². The fraction of sp³-hybridized carbons (Fsp3) is 0.600. The third-order valence-corrected chi connectivity index (χ3v) is 4.98. The lowest BCUT2D eigenvalue weighted by Gasteiger charge is -2.34. The van der Waals surface area contributed by atoms with Gasteiger partial charge in [0, 0.05) is 37.2 Å². The van der Waals surface area contributed by atoms with Crippen LogP contribution in [0.25, 0.3) is 0 Å². The fourth-order valence-electron chi connectivity index (χ4n) is 3.02. The summed E-state index contributed by atoms with van der Waals surface area (Å²) in [5.41, 5.74) is 2.82. The van der Waals surface area contributed by atoms with Gasteiger partial charge in [-0.15, -0.1) is 0 Å². The van der Waals surface area contributed by atoms with Crippen LogP contribution in [0, 0.1) is 0 Å². The molecule has 0 amide bonds. The minimum atomic E-state index is 0.692. The molecule has 1 N–H and O–H groups in total. The summed E-state index contributed by atoms with van der Waals surface area (Å²) >= 11 is 3.77. The predicted molar refractivity (Wildman–Crippen MR) is 84.1 cm³/mol. The van der Waals surface area contributed by atoms with Gasteiger partial charge in [-0.25, -0.2) is 0 Å². The molecular formula is C15H22BrN3. The maximum absolute atomic E-state index is 3.77. The van der Waals surface area contributed by atoms with E-state index in [1.165, 1.54) is 22.1 Å². The number of piperazine rings is 1. The van der Waals surface area contributed by atoms with Crippen LogP contribution < -0.4 is 10.2 Å². The summed E-state index contributed by atoms with van der Waals surface area (Å²) < 4.78 is 1.25. The van der Waals surface area contributed by atoms with E-state index in [1.807, 2.05) is 0 Å². The van der Waals surface area contributed by atoms with E-state index in [1.54, 1.807) is 0 Å². The summed E-state index contributed by atoms with van der Waals surface area (Å²) in [5.74, 6) is 0.692. The average Bonchev–Trinajstić information content (AvgIpc) is 2.94. The molecule has 19 heavy (non-hydrogen) atoms. The van der Waals surface area contributed by atoms with E-state index in [2.05, 4.69) is 56.3 Å². The Morgan fingerprint density at radius 3 is 2.63 bits per heavy atom. The van der Waals surface area contributed by atoms with Crippen molar-refractivity contribution in [2.75, 3.05) is 51.2 Å². The Hall–Kier alpha value is -0.580. The second-order valence-corrected chi connectivity index (χ2v) is 6.55. The summed E-state index contributed by atoms with van der Waals surface area (Å²) in [4.78, 5) is 4.88.